The molecule has 2 aliphatic carbocycles. The smallest absolute Gasteiger partial charge is 0.308 e. The molecular weight excluding hydrogens is 472 g/mol. The predicted octanol–water partition coefficient (Wildman–Crippen LogP) is 6.16. The first kappa shape index (κ1) is 21.5. The minimum atomic E-state index is -0.165. The van der Waals surface area contributed by atoms with E-state index in [2.05, 4.69) is 17.4 Å². The highest BCUT2D eigenvalue weighted by atomic mass is 35.5. The van der Waals surface area contributed by atoms with Crippen LogP contribution in [0.2, 0.25) is 5.02 Å². The molecule has 7 heteroatoms. The third-order valence-corrected chi connectivity index (χ3v) is 10.6. The number of anilines is 1. The number of hydrogen-bond acceptors (Lipinski definition) is 4. The van der Waals surface area contributed by atoms with E-state index < -0.39 is 0 Å². The third kappa shape index (κ3) is 3.76. The highest BCUT2D eigenvalue weighted by Crippen LogP contribution is 2.64. The van der Waals surface area contributed by atoms with E-state index in [4.69, 9.17) is 11.6 Å². The molecule has 3 aromatic rings. The predicted molar refractivity (Wildman–Crippen MR) is 136 cm³/mol. The lowest BCUT2D eigenvalue weighted by Gasteiger charge is -2.40. The van der Waals surface area contributed by atoms with Crippen molar-refractivity contribution in [3.05, 3.63) is 79.2 Å². The van der Waals surface area contributed by atoms with Gasteiger partial charge in [0.1, 0.15) is 6.54 Å². The van der Waals surface area contributed by atoms with Gasteiger partial charge < -0.3 is 5.32 Å². The molecule has 0 unspecified atom stereocenters. The van der Waals surface area contributed by atoms with Gasteiger partial charge >= 0.3 is 4.87 Å². The molecule has 33 heavy (non-hydrogen) atoms. The number of aromatic nitrogens is 1. The van der Waals surface area contributed by atoms with Crippen molar-refractivity contribution in [2.45, 2.75) is 48.9 Å². The summed E-state index contributed by atoms with van der Waals surface area (Å²) in [4.78, 5) is 27.1. The summed E-state index contributed by atoms with van der Waals surface area (Å²) in [6.45, 7) is 2.04. The van der Waals surface area contributed by atoms with Gasteiger partial charge in [-0.3, -0.25) is 14.2 Å². The van der Waals surface area contributed by atoms with Gasteiger partial charge in [0.2, 0.25) is 5.91 Å². The van der Waals surface area contributed by atoms with Crippen LogP contribution in [0.5, 0.6) is 0 Å². The third-order valence-electron chi connectivity index (χ3n) is 7.52. The largest absolute Gasteiger partial charge is 0.325 e. The Morgan fingerprint density at radius 2 is 1.94 bits per heavy atom. The summed E-state index contributed by atoms with van der Waals surface area (Å²) < 4.78 is 1.71. The molecule has 0 spiro atoms. The Bertz CT molecular complexity index is 1280. The van der Waals surface area contributed by atoms with E-state index in [1.807, 2.05) is 55.1 Å². The van der Waals surface area contributed by atoms with Gasteiger partial charge in [0.05, 0.1) is 5.03 Å². The Morgan fingerprint density at radius 1 is 1.15 bits per heavy atom. The molecule has 0 saturated heterocycles. The molecule has 170 valence electrons. The Labute approximate surface area is 206 Å². The van der Waals surface area contributed by atoms with Gasteiger partial charge in [-0.1, -0.05) is 47.2 Å². The van der Waals surface area contributed by atoms with E-state index in [0.717, 1.165) is 32.1 Å². The van der Waals surface area contributed by atoms with E-state index in [0.29, 0.717) is 17.1 Å². The van der Waals surface area contributed by atoms with Crippen molar-refractivity contribution >= 4 is 46.3 Å². The second-order valence-corrected chi connectivity index (χ2v) is 12.2. The van der Waals surface area contributed by atoms with Crippen molar-refractivity contribution in [2.24, 2.45) is 17.8 Å². The summed E-state index contributed by atoms with van der Waals surface area (Å²) >= 11 is 9.37. The van der Waals surface area contributed by atoms with Crippen LogP contribution in [0.3, 0.4) is 0 Å². The van der Waals surface area contributed by atoms with Crippen LogP contribution in [0, 0.1) is 24.7 Å². The van der Waals surface area contributed by atoms with Crippen LogP contribution in [0.15, 0.2) is 58.4 Å². The average Bonchev–Trinajstić information content (AvgIpc) is 3.48. The van der Waals surface area contributed by atoms with Gasteiger partial charge in [0, 0.05) is 26.8 Å². The van der Waals surface area contributed by atoms with Crippen LogP contribution in [0.4, 0.5) is 5.69 Å². The zero-order chi connectivity index (χ0) is 22.7. The van der Waals surface area contributed by atoms with Crippen molar-refractivity contribution in [2.75, 3.05) is 5.32 Å². The van der Waals surface area contributed by atoms with Gasteiger partial charge in [-0.25, -0.2) is 0 Å². The standard InChI is InChI=1S/C26H25ClN2O2S2/c1-14-3-2-4-19(11-14)28-20(30)13-29-25-24(33-26(29)31)21(15-7-9-18(27)10-8-15)22-16-5-6-17(12-16)23(22)32-25/h2-4,7-11,16-17,21-23H,5-6,12-13H2,1H3,(H,28,30)/t16-,17-,21-,22-,23+/m0/s1. The fourth-order valence-corrected chi connectivity index (χ4v) is 9.47. The quantitative estimate of drug-likeness (QED) is 0.470. The number of amides is 1. The maximum absolute atomic E-state index is 13.1. The second kappa shape index (κ2) is 8.33. The maximum Gasteiger partial charge on any atom is 0.308 e. The first-order valence-corrected chi connectivity index (χ1v) is 13.6. The van der Waals surface area contributed by atoms with Crippen LogP contribution >= 0.6 is 34.7 Å². The van der Waals surface area contributed by atoms with Crippen molar-refractivity contribution in [1.82, 2.24) is 4.57 Å². The maximum atomic E-state index is 13.1. The van der Waals surface area contributed by atoms with Crippen molar-refractivity contribution < 1.29 is 4.79 Å². The van der Waals surface area contributed by atoms with Crippen molar-refractivity contribution in [1.29, 1.82) is 0 Å². The molecule has 2 bridgehead atoms. The van der Waals surface area contributed by atoms with Crippen LogP contribution in [-0.4, -0.2) is 15.7 Å². The molecule has 3 aliphatic rings. The number of aryl methyl sites for hydroxylation is 1. The first-order chi connectivity index (χ1) is 16.0. The summed E-state index contributed by atoms with van der Waals surface area (Å²) in [6.07, 6.45) is 3.86. The molecule has 5 atom stereocenters. The lowest BCUT2D eigenvalue weighted by molar-refractivity contribution is -0.116. The number of nitrogens with one attached hydrogen (secondary N) is 1. The molecule has 1 amide bonds. The lowest BCUT2D eigenvalue weighted by atomic mass is 9.75. The summed E-state index contributed by atoms with van der Waals surface area (Å²) in [5.41, 5.74) is 3.08. The second-order valence-electron chi connectivity index (χ2n) is 9.56. The Morgan fingerprint density at radius 3 is 2.73 bits per heavy atom. The molecule has 2 heterocycles. The number of thiazole rings is 1. The topological polar surface area (TPSA) is 51.1 Å². The van der Waals surface area contributed by atoms with Gasteiger partial charge in [-0.2, -0.15) is 0 Å². The van der Waals surface area contributed by atoms with Gasteiger partial charge in [-0.15, -0.1) is 11.8 Å². The molecule has 1 aromatic heterocycles. The SMILES string of the molecule is Cc1cccc(NC(=O)Cn2c3c(sc2=O)[C@@H](c2ccc(Cl)cc2)[C@@H]2[C@H]4CC[C@@H](C4)[C@H]2S3)c1. The minimum Gasteiger partial charge on any atom is -0.325 e. The molecule has 2 saturated carbocycles. The molecule has 2 fully saturated rings. The van der Waals surface area contributed by atoms with Crippen LogP contribution in [-0.2, 0) is 11.3 Å². The van der Waals surface area contributed by atoms with Crippen LogP contribution < -0.4 is 10.2 Å². The normalized spacial score (nSPS) is 27.3. The summed E-state index contributed by atoms with van der Waals surface area (Å²) in [5.74, 6) is 2.02. The van der Waals surface area contributed by atoms with Gasteiger partial charge in [-0.05, 0) is 79.3 Å². The number of carbonyl (C=O) groups excluding carboxylic acids is 1. The van der Waals surface area contributed by atoms with E-state index in [1.165, 1.54) is 36.2 Å². The molecule has 1 aliphatic heterocycles. The molecule has 4 nitrogen and oxygen atoms in total. The number of halogens is 1. The number of carbonyl (C=O) groups is 1. The Balaban J connectivity index is 1.37. The fraction of sp³-hybridized carbons (Fsp3) is 0.385. The minimum absolute atomic E-state index is 0.0434. The monoisotopic (exact) mass is 496 g/mol. The molecule has 1 N–H and O–H groups in total. The van der Waals surface area contributed by atoms with Crippen molar-refractivity contribution in [3.8, 4) is 0 Å². The molecule has 2 aromatic carbocycles. The zero-order valence-electron chi connectivity index (χ0n) is 18.3. The Kier molecular flexibility index (Phi) is 5.43. The average molecular weight is 497 g/mol. The summed E-state index contributed by atoms with van der Waals surface area (Å²) in [6, 6.07) is 15.9. The summed E-state index contributed by atoms with van der Waals surface area (Å²) in [5, 5.41) is 5.20. The number of fused-ring (bicyclic) bond motifs is 6. The highest BCUT2D eigenvalue weighted by Gasteiger charge is 2.55. The zero-order valence-corrected chi connectivity index (χ0v) is 20.7. The number of thioether (sulfide) groups is 1. The lowest BCUT2D eigenvalue weighted by Crippen LogP contribution is -2.34. The van der Waals surface area contributed by atoms with E-state index in [-0.39, 0.29) is 23.2 Å². The van der Waals surface area contributed by atoms with Gasteiger partial charge in [0.25, 0.3) is 0 Å². The van der Waals surface area contributed by atoms with E-state index in [9.17, 15) is 9.59 Å². The van der Waals surface area contributed by atoms with E-state index >= 15 is 0 Å². The Hall–Kier alpha value is -2.02. The fourth-order valence-electron chi connectivity index (χ4n) is 6.20. The number of nitrogens with zero attached hydrogens (tertiary/aromatic N) is 1. The van der Waals surface area contributed by atoms with Crippen molar-refractivity contribution in [3.63, 3.8) is 0 Å². The highest BCUT2D eigenvalue weighted by molar-refractivity contribution is 8.00. The molecule has 0 radical (unpaired) electrons. The summed E-state index contributed by atoms with van der Waals surface area (Å²) in [7, 11) is 0. The number of rotatable bonds is 4. The van der Waals surface area contributed by atoms with Crippen LogP contribution in [0.1, 0.15) is 41.2 Å². The van der Waals surface area contributed by atoms with Gasteiger partial charge in [0.15, 0.2) is 0 Å². The molecule has 6 rings (SSSR count). The van der Waals surface area contributed by atoms with E-state index in [1.54, 1.807) is 4.57 Å². The molecular formula is C26H25ClN2O2S2. The first-order valence-electron chi connectivity index (χ1n) is 11.5. The number of hydrogen-bond donors (Lipinski definition) is 1. The van der Waals surface area contributed by atoms with Crippen LogP contribution in [0.25, 0.3) is 0 Å². The number of benzene rings is 2.